The Balaban J connectivity index is 2.33. The van der Waals surface area contributed by atoms with Gasteiger partial charge in [0.15, 0.2) is 6.61 Å². The number of ether oxygens (including phenoxy) is 1. The van der Waals surface area contributed by atoms with E-state index >= 15 is 0 Å². The molecule has 100 valence electrons. The minimum absolute atomic E-state index is 0.0242. The van der Waals surface area contributed by atoms with Crippen LogP contribution in [-0.4, -0.2) is 30.3 Å². The molecule has 1 aromatic carbocycles. The number of aliphatic hydroxyl groups is 1. The lowest BCUT2D eigenvalue weighted by molar-refractivity contribution is -0.123. The van der Waals surface area contributed by atoms with Gasteiger partial charge in [0.05, 0.1) is 6.10 Å². The molecular weight excluding hydrogens is 230 g/mol. The average Bonchev–Trinajstić information content (AvgIpc) is 2.42. The molecule has 0 bridgehead atoms. The molecule has 1 unspecified atom stereocenters. The fraction of sp³-hybridized carbons (Fsp3) is 0.500. The number of hydrogen-bond acceptors (Lipinski definition) is 3. The van der Waals surface area contributed by atoms with Crippen molar-refractivity contribution in [3.63, 3.8) is 0 Å². The van der Waals surface area contributed by atoms with Gasteiger partial charge >= 0.3 is 0 Å². The van der Waals surface area contributed by atoms with Crippen molar-refractivity contribution >= 4 is 5.91 Å². The number of nitrogens with one attached hydrogen (secondary N) is 1. The first-order valence-electron chi connectivity index (χ1n) is 6.32. The molecule has 0 fully saturated rings. The van der Waals surface area contributed by atoms with E-state index in [4.69, 9.17) is 4.74 Å². The molecule has 0 aromatic heterocycles. The predicted octanol–water partition coefficient (Wildman–Crippen LogP) is 1.51. The molecule has 0 aliphatic rings. The summed E-state index contributed by atoms with van der Waals surface area (Å²) in [5.74, 6) is 0.477. The molecule has 1 amide bonds. The summed E-state index contributed by atoms with van der Waals surface area (Å²) >= 11 is 0. The van der Waals surface area contributed by atoms with Gasteiger partial charge in [0, 0.05) is 6.54 Å². The smallest absolute Gasteiger partial charge is 0.258 e. The summed E-state index contributed by atoms with van der Waals surface area (Å²) in [4.78, 5) is 11.4. The van der Waals surface area contributed by atoms with Crippen LogP contribution in [0.5, 0.6) is 5.75 Å². The molecule has 2 N–H and O–H groups in total. The molecule has 4 nitrogen and oxygen atoms in total. The van der Waals surface area contributed by atoms with Crippen LogP contribution in [0.15, 0.2) is 24.3 Å². The molecule has 0 heterocycles. The highest BCUT2D eigenvalue weighted by Gasteiger charge is 2.05. The van der Waals surface area contributed by atoms with Crippen molar-refractivity contribution in [1.82, 2.24) is 5.32 Å². The summed E-state index contributed by atoms with van der Waals surface area (Å²) in [7, 11) is 0. The third-order valence-electron chi connectivity index (χ3n) is 2.68. The topological polar surface area (TPSA) is 58.6 Å². The van der Waals surface area contributed by atoms with Crippen LogP contribution in [0, 0.1) is 0 Å². The quantitative estimate of drug-likeness (QED) is 0.772. The molecule has 0 saturated carbocycles. The standard InChI is InChI=1S/C14H21NO3/c1-3-11-6-5-7-13(8-11)18-10-14(17)15-9-12(16)4-2/h5-8,12,16H,3-4,9-10H2,1-2H3,(H,15,17). The third-order valence-corrected chi connectivity index (χ3v) is 2.68. The monoisotopic (exact) mass is 251 g/mol. The van der Waals surface area contributed by atoms with Crippen LogP contribution in [0.3, 0.4) is 0 Å². The second-order valence-electron chi connectivity index (χ2n) is 4.16. The van der Waals surface area contributed by atoms with E-state index in [0.29, 0.717) is 12.2 Å². The van der Waals surface area contributed by atoms with Gasteiger partial charge in [-0.3, -0.25) is 4.79 Å². The summed E-state index contributed by atoms with van der Waals surface area (Å²) in [6.45, 7) is 4.18. The summed E-state index contributed by atoms with van der Waals surface area (Å²) in [5, 5.41) is 11.9. The molecule has 0 aliphatic carbocycles. The molecule has 1 rings (SSSR count). The molecule has 4 heteroatoms. The van der Waals surface area contributed by atoms with E-state index in [1.807, 2.05) is 31.2 Å². The van der Waals surface area contributed by atoms with Gasteiger partial charge in [0.25, 0.3) is 5.91 Å². The Morgan fingerprint density at radius 1 is 1.44 bits per heavy atom. The zero-order valence-electron chi connectivity index (χ0n) is 11.0. The second-order valence-corrected chi connectivity index (χ2v) is 4.16. The van der Waals surface area contributed by atoms with Crippen LogP contribution in [0.4, 0.5) is 0 Å². The Morgan fingerprint density at radius 3 is 2.89 bits per heavy atom. The molecule has 0 spiro atoms. The van der Waals surface area contributed by atoms with E-state index in [9.17, 15) is 9.90 Å². The largest absolute Gasteiger partial charge is 0.484 e. The molecule has 1 aromatic rings. The van der Waals surface area contributed by atoms with Crippen LogP contribution >= 0.6 is 0 Å². The van der Waals surface area contributed by atoms with E-state index in [2.05, 4.69) is 12.2 Å². The number of amides is 1. The van der Waals surface area contributed by atoms with E-state index in [0.717, 1.165) is 6.42 Å². The number of carbonyl (C=O) groups is 1. The molecule has 0 saturated heterocycles. The highest BCUT2D eigenvalue weighted by atomic mass is 16.5. The van der Waals surface area contributed by atoms with Gasteiger partial charge in [-0.1, -0.05) is 26.0 Å². The van der Waals surface area contributed by atoms with Crippen LogP contribution in [0.1, 0.15) is 25.8 Å². The Morgan fingerprint density at radius 2 is 2.22 bits per heavy atom. The first-order valence-corrected chi connectivity index (χ1v) is 6.32. The van der Waals surface area contributed by atoms with E-state index in [1.165, 1.54) is 5.56 Å². The van der Waals surface area contributed by atoms with Gasteiger partial charge in [0.1, 0.15) is 5.75 Å². The average molecular weight is 251 g/mol. The van der Waals surface area contributed by atoms with Crippen LogP contribution in [-0.2, 0) is 11.2 Å². The Bertz CT molecular complexity index is 379. The first-order chi connectivity index (χ1) is 8.65. The molecule has 1 atom stereocenters. The SMILES string of the molecule is CCc1cccc(OCC(=O)NCC(O)CC)c1. The number of aryl methyl sites for hydroxylation is 1. The van der Waals surface area contributed by atoms with Crippen LogP contribution in [0.2, 0.25) is 0 Å². The lowest BCUT2D eigenvalue weighted by Gasteiger charge is -2.10. The fourth-order valence-corrected chi connectivity index (χ4v) is 1.43. The molecule has 18 heavy (non-hydrogen) atoms. The van der Waals surface area contributed by atoms with Gasteiger partial charge in [-0.15, -0.1) is 0 Å². The molecule has 0 radical (unpaired) electrons. The maximum atomic E-state index is 11.4. The lowest BCUT2D eigenvalue weighted by atomic mass is 10.2. The molecule has 0 aliphatic heterocycles. The maximum absolute atomic E-state index is 11.4. The fourth-order valence-electron chi connectivity index (χ4n) is 1.43. The number of hydrogen-bond donors (Lipinski definition) is 2. The zero-order chi connectivity index (χ0) is 13.4. The molecular formula is C14H21NO3. The van der Waals surface area contributed by atoms with Crippen molar-refractivity contribution in [3.05, 3.63) is 29.8 Å². The van der Waals surface area contributed by atoms with E-state index in [1.54, 1.807) is 0 Å². The normalized spacial score (nSPS) is 11.9. The van der Waals surface area contributed by atoms with Gasteiger partial charge in [-0.05, 0) is 30.5 Å². The lowest BCUT2D eigenvalue weighted by Crippen LogP contribution is -2.35. The second kappa shape index (κ2) is 7.71. The Kier molecular flexibility index (Phi) is 6.22. The van der Waals surface area contributed by atoms with Gasteiger partial charge in [0.2, 0.25) is 0 Å². The maximum Gasteiger partial charge on any atom is 0.258 e. The van der Waals surface area contributed by atoms with Crippen LogP contribution < -0.4 is 10.1 Å². The zero-order valence-corrected chi connectivity index (χ0v) is 11.0. The summed E-state index contributed by atoms with van der Waals surface area (Å²) < 4.78 is 5.38. The number of carbonyl (C=O) groups excluding carboxylic acids is 1. The predicted molar refractivity (Wildman–Crippen MR) is 70.6 cm³/mol. The minimum Gasteiger partial charge on any atom is -0.484 e. The number of benzene rings is 1. The van der Waals surface area contributed by atoms with E-state index in [-0.39, 0.29) is 19.1 Å². The van der Waals surface area contributed by atoms with Crippen molar-refractivity contribution in [2.24, 2.45) is 0 Å². The third kappa shape index (κ3) is 5.19. The highest BCUT2D eigenvalue weighted by molar-refractivity contribution is 5.77. The van der Waals surface area contributed by atoms with Gasteiger partial charge in [-0.2, -0.15) is 0 Å². The van der Waals surface area contributed by atoms with Crippen molar-refractivity contribution < 1.29 is 14.6 Å². The summed E-state index contributed by atoms with van der Waals surface area (Å²) in [6.07, 6.45) is 1.07. The van der Waals surface area contributed by atoms with E-state index < -0.39 is 6.10 Å². The van der Waals surface area contributed by atoms with Crippen molar-refractivity contribution in [2.75, 3.05) is 13.2 Å². The summed E-state index contributed by atoms with van der Waals surface area (Å²) in [5.41, 5.74) is 1.18. The summed E-state index contributed by atoms with van der Waals surface area (Å²) in [6, 6.07) is 7.68. The highest BCUT2D eigenvalue weighted by Crippen LogP contribution is 2.13. The Labute approximate surface area is 108 Å². The number of aliphatic hydroxyl groups excluding tert-OH is 1. The minimum atomic E-state index is -0.489. The van der Waals surface area contributed by atoms with Crippen molar-refractivity contribution in [2.45, 2.75) is 32.8 Å². The van der Waals surface area contributed by atoms with Crippen molar-refractivity contribution in [3.8, 4) is 5.75 Å². The van der Waals surface area contributed by atoms with Gasteiger partial charge < -0.3 is 15.2 Å². The van der Waals surface area contributed by atoms with Gasteiger partial charge in [-0.25, -0.2) is 0 Å². The number of rotatable bonds is 7. The first kappa shape index (κ1) is 14.5. The van der Waals surface area contributed by atoms with Crippen LogP contribution in [0.25, 0.3) is 0 Å². The Hall–Kier alpha value is -1.55. The van der Waals surface area contributed by atoms with Crippen molar-refractivity contribution in [1.29, 1.82) is 0 Å².